The number of nitrogens with one attached hydrogen (secondary N) is 1. The Hall–Kier alpha value is -0.870. The molecule has 2 unspecified atom stereocenters. The van der Waals surface area contributed by atoms with E-state index in [9.17, 15) is 0 Å². The van der Waals surface area contributed by atoms with Crippen molar-refractivity contribution in [1.82, 2.24) is 0 Å². The number of nitrogens with zero attached hydrogens (tertiary/aromatic N) is 1. The molecule has 2 aliphatic rings. The molecule has 2 fully saturated rings. The van der Waals surface area contributed by atoms with Gasteiger partial charge in [-0.1, -0.05) is 19.1 Å². The number of thioether (sulfide) groups is 1. The number of anilines is 2. The van der Waals surface area contributed by atoms with Crippen molar-refractivity contribution in [1.29, 1.82) is 0 Å². The van der Waals surface area contributed by atoms with Crippen molar-refractivity contribution in [3.8, 4) is 0 Å². The Bertz CT molecular complexity index is 434. The van der Waals surface area contributed by atoms with Crippen LogP contribution in [0.2, 0.25) is 0 Å². The fraction of sp³-hybridized carbons (Fsp3) is 0.625. The van der Waals surface area contributed by atoms with Gasteiger partial charge < -0.3 is 15.0 Å². The molecule has 3 nitrogen and oxygen atoms in total. The van der Waals surface area contributed by atoms with Gasteiger partial charge in [-0.3, -0.25) is 0 Å². The molecule has 0 aromatic heterocycles. The molecule has 2 atom stereocenters. The third-order valence-electron chi connectivity index (χ3n) is 4.20. The van der Waals surface area contributed by atoms with Crippen LogP contribution in [0.15, 0.2) is 24.3 Å². The zero-order valence-electron chi connectivity index (χ0n) is 12.2. The van der Waals surface area contributed by atoms with E-state index in [-0.39, 0.29) is 0 Å². The van der Waals surface area contributed by atoms with E-state index in [1.54, 1.807) is 0 Å². The average molecular weight is 292 g/mol. The zero-order valence-corrected chi connectivity index (χ0v) is 13.0. The van der Waals surface area contributed by atoms with Crippen molar-refractivity contribution in [2.45, 2.75) is 31.1 Å². The Kier molecular flexibility index (Phi) is 4.73. The van der Waals surface area contributed by atoms with Crippen LogP contribution in [0.25, 0.3) is 0 Å². The summed E-state index contributed by atoms with van der Waals surface area (Å²) in [5, 5.41) is 4.49. The molecule has 2 aliphatic heterocycles. The highest BCUT2D eigenvalue weighted by Gasteiger charge is 2.23. The molecule has 1 N–H and O–H groups in total. The summed E-state index contributed by atoms with van der Waals surface area (Å²) in [5.74, 6) is 1.31. The summed E-state index contributed by atoms with van der Waals surface area (Å²) in [6.07, 6.45) is 2.61. The Balaban J connectivity index is 1.75. The van der Waals surface area contributed by atoms with Crippen LogP contribution in [0.4, 0.5) is 11.4 Å². The summed E-state index contributed by atoms with van der Waals surface area (Å²) in [5.41, 5.74) is 2.62. The predicted octanol–water partition coefficient (Wildman–Crippen LogP) is 3.22. The van der Waals surface area contributed by atoms with Crippen LogP contribution in [-0.4, -0.2) is 43.3 Å². The van der Waals surface area contributed by atoms with Gasteiger partial charge in [-0.05, 0) is 30.7 Å². The lowest BCUT2D eigenvalue weighted by Gasteiger charge is -2.34. The van der Waals surface area contributed by atoms with Crippen LogP contribution in [0, 0.1) is 0 Å². The largest absolute Gasteiger partial charge is 0.380 e. The molecule has 20 heavy (non-hydrogen) atoms. The number of hydrogen-bond acceptors (Lipinski definition) is 4. The molecule has 110 valence electrons. The lowest BCUT2D eigenvalue weighted by molar-refractivity contribution is 0.123. The molecule has 1 aromatic carbocycles. The molecule has 0 amide bonds. The predicted molar refractivity (Wildman–Crippen MR) is 88.0 cm³/mol. The van der Waals surface area contributed by atoms with Gasteiger partial charge >= 0.3 is 0 Å². The van der Waals surface area contributed by atoms with Crippen LogP contribution in [0.3, 0.4) is 0 Å². The van der Waals surface area contributed by atoms with Crippen LogP contribution in [0.5, 0.6) is 0 Å². The molecular weight excluding hydrogens is 268 g/mol. The summed E-state index contributed by atoms with van der Waals surface area (Å²) in [4.78, 5) is 2.44. The summed E-state index contributed by atoms with van der Waals surface area (Å²) < 4.78 is 5.46. The van der Waals surface area contributed by atoms with Crippen molar-refractivity contribution >= 4 is 23.1 Å². The fourth-order valence-electron chi connectivity index (χ4n) is 2.99. The SMILES string of the molecule is CC1SCCCC1Nc1ccccc1N1CCOCC1. The van der Waals surface area contributed by atoms with Gasteiger partial charge in [0, 0.05) is 24.4 Å². The first kappa shape index (κ1) is 14.1. The second-order valence-corrected chi connectivity index (χ2v) is 7.07. The van der Waals surface area contributed by atoms with E-state index in [0.29, 0.717) is 11.3 Å². The van der Waals surface area contributed by atoms with Crippen molar-refractivity contribution in [2.75, 3.05) is 42.3 Å². The molecule has 1 aromatic rings. The third kappa shape index (κ3) is 3.23. The van der Waals surface area contributed by atoms with E-state index >= 15 is 0 Å². The highest BCUT2D eigenvalue weighted by atomic mass is 32.2. The minimum absolute atomic E-state index is 0.593. The minimum atomic E-state index is 0.593. The van der Waals surface area contributed by atoms with Crippen molar-refractivity contribution in [2.24, 2.45) is 0 Å². The van der Waals surface area contributed by atoms with Crippen molar-refractivity contribution < 1.29 is 4.74 Å². The second kappa shape index (κ2) is 6.72. The smallest absolute Gasteiger partial charge is 0.0642 e. The van der Waals surface area contributed by atoms with E-state index in [4.69, 9.17) is 4.74 Å². The second-order valence-electron chi connectivity index (χ2n) is 5.59. The molecule has 3 rings (SSSR count). The first-order valence-electron chi connectivity index (χ1n) is 7.64. The van der Waals surface area contributed by atoms with Gasteiger partial charge in [0.05, 0.1) is 24.6 Å². The normalized spacial score (nSPS) is 27.4. The van der Waals surface area contributed by atoms with Gasteiger partial charge in [-0.25, -0.2) is 0 Å². The third-order valence-corrected chi connectivity index (χ3v) is 5.58. The van der Waals surface area contributed by atoms with Crippen molar-refractivity contribution in [3.63, 3.8) is 0 Å². The molecule has 2 heterocycles. The number of morpholine rings is 1. The molecule has 2 saturated heterocycles. The summed E-state index contributed by atoms with van der Waals surface area (Å²) >= 11 is 2.09. The maximum Gasteiger partial charge on any atom is 0.0642 e. The number of para-hydroxylation sites is 2. The molecular formula is C16H24N2OS. The highest BCUT2D eigenvalue weighted by molar-refractivity contribution is 8.00. The Morgan fingerprint density at radius 2 is 2.05 bits per heavy atom. The van der Waals surface area contributed by atoms with Gasteiger partial charge in [0.1, 0.15) is 0 Å². The van der Waals surface area contributed by atoms with E-state index in [1.807, 2.05) is 0 Å². The number of benzene rings is 1. The van der Waals surface area contributed by atoms with Gasteiger partial charge in [0.2, 0.25) is 0 Å². The zero-order chi connectivity index (χ0) is 13.8. The maximum atomic E-state index is 5.46. The molecule has 0 radical (unpaired) electrons. The van der Waals surface area contributed by atoms with Crippen LogP contribution >= 0.6 is 11.8 Å². The van der Waals surface area contributed by atoms with E-state index in [0.717, 1.165) is 26.3 Å². The Morgan fingerprint density at radius 3 is 2.85 bits per heavy atom. The first-order chi connectivity index (χ1) is 9.84. The van der Waals surface area contributed by atoms with E-state index < -0.39 is 0 Å². The topological polar surface area (TPSA) is 24.5 Å². The van der Waals surface area contributed by atoms with Crippen molar-refractivity contribution in [3.05, 3.63) is 24.3 Å². The van der Waals surface area contributed by atoms with Crippen LogP contribution in [-0.2, 0) is 4.74 Å². The van der Waals surface area contributed by atoms with Crippen LogP contribution in [0.1, 0.15) is 19.8 Å². The quantitative estimate of drug-likeness (QED) is 0.924. The Labute approximate surface area is 126 Å². The molecule has 0 bridgehead atoms. The number of ether oxygens (including phenoxy) is 1. The van der Waals surface area contributed by atoms with E-state index in [2.05, 4.69) is 53.2 Å². The fourth-order valence-corrected chi connectivity index (χ4v) is 4.13. The standard InChI is InChI=1S/C16H24N2OS/c1-13-14(6-4-12-20-13)17-15-5-2-3-7-16(15)18-8-10-19-11-9-18/h2-3,5,7,13-14,17H,4,6,8-12H2,1H3. The van der Waals surface area contributed by atoms with Gasteiger partial charge in [-0.2, -0.15) is 11.8 Å². The first-order valence-corrected chi connectivity index (χ1v) is 8.69. The average Bonchev–Trinajstić information content (AvgIpc) is 2.51. The monoisotopic (exact) mass is 292 g/mol. The van der Waals surface area contributed by atoms with Gasteiger partial charge in [0.15, 0.2) is 0 Å². The van der Waals surface area contributed by atoms with Gasteiger partial charge in [0.25, 0.3) is 0 Å². The van der Waals surface area contributed by atoms with Crippen LogP contribution < -0.4 is 10.2 Å². The summed E-state index contributed by atoms with van der Waals surface area (Å²) in [7, 11) is 0. The van der Waals surface area contributed by atoms with E-state index in [1.165, 1.54) is 30.0 Å². The van der Waals surface area contributed by atoms with Gasteiger partial charge in [-0.15, -0.1) is 0 Å². The molecule has 0 spiro atoms. The summed E-state index contributed by atoms with van der Waals surface area (Å²) in [6, 6.07) is 9.31. The lowest BCUT2D eigenvalue weighted by Crippen LogP contribution is -2.38. The molecule has 0 aliphatic carbocycles. The highest BCUT2D eigenvalue weighted by Crippen LogP contribution is 2.32. The lowest BCUT2D eigenvalue weighted by atomic mass is 10.1. The molecule has 4 heteroatoms. The number of hydrogen-bond donors (Lipinski definition) is 1. The minimum Gasteiger partial charge on any atom is -0.380 e. The Morgan fingerprint density at radius 1 is 1.25 bits per heavy atom. The maximum absolute atomic E-state index is 5.46. The summed E-state index contributed by atoms with van der Waals surface area (Å²) in [6.45, 7) is 6.01. The number of rotatable bonds is 3. The molecule has 0 saturated carbocycles.